The largest absolute Gasteiger partial charge is 0.325 e. The Morgan fingerprint density at radius 3 is 2.76 bits per heavy atom. The number of nitrogens with one attached hydrogen (secondary N) is 3. The van der Waals surface area contributed by atoms with E-state index in [2.05, 4.69) is 15.4 Å². The summed E-state index contributed by atoms with van der Waals surface area (Å²) in [6.07, 6.45) is 2.73. The third-order valence-electron chi connectivity index (χ3n) is 3.04. The molecule has 0 radical (unpaired) electrons. The molecule has 1 aromatic rings. The molecule has 0 atom stereocenters. The molecular formula is C14H21N3O3S. The zero-order valence-electron chi connectivity index (χ0n) is 12.1. The van der Waals surface area contributed by atoms with Crippen LogP contribution in [-0.4, -0.2) is 33.5 Å². The van der Waals surface area contributed by atoms with Crippen molar-refractivity contribution in [3.63, 3.8) is 0 Å². The Bertz CT molecular complexity index is 597. The first-order valence-electron chi connectivity index (χ1n) is 7.14. The molecule has 2 rings (SSSR count). The van der Waals surface area contributed by atoms with E-state index in [-0.39, 0.29) is 23.4 Å². The highest BCUT2D eigenvalue weighted by Gasteiger charge is 2.28. The van der Waals surface area contributed by atoms with Gasteiger partial charge in [-0.2, -0.15) is 0 Å². The van der Waals surface area contributed by atoms with Crippen LogP contribution in [-0.2, 0) is 14.8 Å². The Hall–Kier alpha value is -1.44. The van der Waals surface area contributed by atoms with E-state index in [1.165, 1.54) is 12.1 Å². The van der Waals surface area contributed by atoms with E-state index in [0.29, 0.717) is 5.69 Å². The Balaban J connectivity index is 1.98. The van der Waals surface area contributed by atoms with Gasteiger partial charge >= 0.3 is 0 Å². The fraction of sp³-hybridized carbons (Fsp3) is 0.500. The SMILES string of the molecule is CCCNCC(=O)Nc1cccc(S(=O)(=O)NC2CC2)c1. The van der Waals surface area contributed by atoms with Crippen molar-refractivity contribution in [1.29, 1.82) is 0 Å². The van der Waals surface area contributed by atoms with Crippen molar-refractivity contribution < 1.29 is 13.2 Å². The second kappa shape index (κ2) is 7.02. The minimum atomic E-state index is -3.49. The number of rotatable bonds is 8. The van der Waals surface area contributed by atoms with Crippen molar-refractivity contribution in [1.82, 2.24) is 10.0 Å². The van der Waals surface area contributed by atoms with Crippen LogP contribution < -0.4 is 15.4 Å². The number of benzene rings is 1. The lowest BCUT2D eigenvalue weighted by Gasteiger charge is -2.09. The fourth-order valence-corrected chi connectivity index (χ4v) is 3.16. The van der Waals surface area contributed by atoms with Gasteiger partial charge in [0.2, 0.25) is 15.9 Å². The van der Waals surface area contributed by atoms with Gasteiger partial charge in [0.25, 0.3) is 0 Å². The summed E-state index contributed by atoms with van der Waals surface area (Å²) in [6, 6.07) is 6.36. The number of amides is 1. The van der Waals surface area contributed by atoms with Gasteiger partial charge in [-0.1, -0.05) is 13.0 Å². The predicted octanol–water partition coefficient (Wildman–Crippen LogP) is 1.07. The van der Waals surface area contributed by atoms with Gasteiger partial charge in [-0.3, -0.25) is 4.79 Å². The maximum atomic E-state index is 12.1. The van der Waals surface area contributed by atoms with Crippen LogP contribution in [0.3, 0.4) is 0 Å². The molecule has 0 unspecified atom stereocenters. The van der Waals surface area contributed by atoms with Gasteiger partial charge < -0.3 is 10.6 Å². The molecule has 0 aromatic heterocycles. The lowest BCUT2D eigenvalue weighted by atomic mass is 10.3. The molecular weight excluding hydrogens is 290 g/mol. The van der Waals surface area contributed by atoms with E-state index in [1.807, 2.05) is 6.92 Å². The first-order valence-corrected chi connectivity index (χ1v) is 8.62. The molecule has 116 valence electrons. The van der Waals surface area contributed by atoms with Gasteiger partial charge in [0.05, 0.1) is 11.4 Å². The van der Waals surface area contributed by atoms with Crippen LogP contribution in [0.1, 0.15) is 26.2 Å². The lowest BCUT2D eigenvalue weighted by molar-refractivity contribution is -0.115. The van der Waals surface area contributed by atoms with E-state index < -0.39 is 10.0 Å². The Kier molecular flexibility index (Phi) is 5.33. The summed E-state index contributed by atoms with van der Waals surface area (Å²) in [6.45, 7) is 3.00. The minimum absolute atomic E-state index is 0.0616. The van der Waals surface area contributed by atoms with Gasteiger partial charge in [-0.25, -0.2) is 13.1 Å². The normalized spacial score (nSPS) is 14.9. The number of hydrogen-bond acceptors (Lipinski definition) is 4. The highest BCUT2D eigenvalue weighted by atomic mass is 32.2. The molecule has 1 saturated carbocycles. The Labute approximate surface area is 125 Å². The van der Waals surface area contributed by atoms with E-state index in [1.54, 1.807) is 12.1 Å². The maximum Gasteiger partial charge on any atom is 0.240 e. The summed E-state index contributed by atoms with van der Waals surface area (Å²) in [7, 11) is -3.49. The molecule has 0 bridgehead atoms. The second-order valence-electron chi connectivity index (χ2n) is 5.15. The van der Waals surface area contributed by atoms with Gasteiger partial charge in [-0.15, -0.1) is 0 Å². The molecule has 7 heteroatoms. The van der Waals surface area contributed by atoms with Crippen LogP contribution in [0.15, 0.2) is 29.2 Å². The molecule has 3 N–H and O–H groups in total. The molecule has 0 heterocycles. The average Bonchev–Trinajstić information content (AvgIpc) is 3.22. The van der Waals surface area contributed by atoms with Crippen molar-refractivity contribution in [2.75, 3.05) is 18.4 Å². The molecule has 21 heavy (non-hydrogen) atoms. The van der Waals surface area contributed by atoms with Crippen LogP contribution in [0.2, 0.25) is 0 Å². The Morgan fingerprint density at radius 2 is 2.10 bits per heavy atom. The molecule has 1 fully saturated rings. The van der Waals surface area contributed by atoms with Crippen molar-refractivity contribution in [2.24, 2.45) is 0 Å². The van der Waals surface area contributed by atoms with Gasteiger partial charge in [0.15, 0.2) is 0 Å². The van der Waals surface area contributed by atoms with Gasteiger partial charge in [0.1, 0.15) is 0 Å². The summed E-state index contributed by atoms with van der Waals surface area (Å²) in [5.41, 5.74) is 0.483. The standard InChI is InChI=1S/C14H21N3O3S/c1-2-8-15-10-14(18)16-12-4-3-5-13(9-12)21(19,20)17-11-6-7-11/h3-5,9,11,15,17H,2,6-8,10H2,1H3,(H,16,18). The second-order valence-corrected chi connectivity index (χ2v) is 6.86. The van der Waals surface area contributed by atoms with Crippen molar-refractivity contribution in [2.45, 2.75) is 37.1 Å². The third-order valence-corrected chi connectivity index (χ3v) is 4.56. The van der Waals surface area contributed by atoms with Crippen LogP contribution in [0.4, 0.5) is 5.69 Å². The van der Waals surface area contributed by atoms with Gasteiger partial charge in [0, 0.05) is 11.7 Å². The lowest BCUT2D eigenvalue weighted by Crippen LogP contribution is -2.29. The van der Waals surface area contributed by atoms with Gasteiger partial charge in [-0.05, 0) is 44.0 Å². The highest BCUT2D eigenvalue weighted by molar-refractivity contribution is 7.89. The summed E-state index contributed by atoms with van der Waals surface area (Å²) in [5.74, 6) is -0.187. The smallest absolute Gasteiger partial charge is 0.240 e. The summed E-state index contributed by atoms with van der Waals surface area (Å²) in [4.78, 5) is 11.9. The predicted molar refractivity (Wildman–Crippen MR) is 81.6 cm³/mol. The summed E-state index contributed by atoms with van der Waals surface area (Å²) in [5, 5.41) is 5.68. The molecule has 0 spiro atoms. The van der Waals surface area contributed by atoms with E-state index in [9.17, 15) is 13.2 Å². The molecule has 1 aromatic carbocycles. The van der Waals surface area contributed by atoms with E-state index in [0.717, 1.165) is 25.8 Å². The van der Waals surface area contributed by atoms with E-state index in [4.69, 9.17) is 0 Å². The van der Waals surface area contributed by atoms with Crippen molar-refractivity contribution in [3.05, 3.63) is 24.3 Å². The first kappa shape index (κ1) is 15.9. The van der Waals surface area contributed by atoms with Crippen LogP contribution in [0, 0.1) is 0 Å². The number of carbonyl (C=O) groups is 1. The molecule has 1 amide bonds. The molecule has 1 aliphatic carbocycles. The number of sulfonamides is 1. The zero-order chi connectivity index (χ0) is 15.3. The van der Waals surface area contributed by atoms with E-state index >= 15 is 0 Å². The zero-order valence-corrected chi connectivity index (χ0v) is 12.9. The van der Waals surface area contributed by atoms with Crippen molar-refractivity contribution in [3.8, 4) is 0 Å². The number of carbonyl (C=O) groups excluding carboxylic acids is 1. The fourth-order valence-electron chi connectivity index (χ4n) is 1.81. The van der Waals surface area contributed by atoms with Crippen LogP contribution in [0.25, 0.3) is 0 Å². The number of hydrogen-bond donors (Lipinski definition) is 3. The molecule has 6 nitrogen and oxygen atoms in total. The topological polar surface area (TPSA) is 87.3 Å². The summed E-state index contributed by atoms with van der Waals surface area (Å²) >= 11 is 0. The monoisotopic (exact) mass is 311 g/mol. The molecule has 0 aliphatic heterocycles. The maximum absolute atomic E-state index is 12.1. The third kappa shape index (κ3) is 5.11. The van der Waals surface area contributed by atoms with Crippen LogP contribution in [0.5, 0.6) is 0 Å². The number of anilines is 1. The Morgan fingerprint density at radius 1 is 1.33 bits per heavy atom. The highest BCUT2D eigenvalue weighted by Crippen LogP contribution is 2.23. The minimum Gasteiger partial charge on any atom is -0.325 e. The first-order chi connectivity index (χ1) is 10.0. The summed E-state index contributed by atoms with van der Waals surface area (Å²) < 4.78 is 26.8. The van der Waals surface area contributed by atoms with Crippen molar-refractivity contribution >= 4 is 21.6 Å². The average molecular weight is 311 g/mol. The quantitative estimate of drug-likeness (QED) is 0.627. The molecule has 0 saturated heterocycles. The van der Waals surface area contributed by atoms with Crippen LogP contribution >= 0.6 is 0 Å². The molecule has 1 aliphatic rings.